The molecule has 1 rings (SSSR count). The summed E-state index contributed by atoms with van der Waals surface area (Å²) in [5, 5.41) is 25.3. The molecule has 0 atom stereocenters. The first-order valence-corrected chi connectivity index (χ1v) is 2.09. The van der Waals surface area contributed by atoms with Crippen molar-refractivity contribution in [1.82, 2.24) is 15.4 Å². The molecule has 0 spiro atoms. The first kappa shape index (κ1) is 8.72. The van der Waals surface area contributed by atoms with Crippen LogP contribution in [0.2, 0.25) is 0 Å². The summed E-state index contributed by atoms with van der Waals surface area (Å²) in [6.07, 6.45) is 0. The van der Waals surface area contributed by atoms with E-state index < -0.39 is 0 Å². The van der Waals surface area contributed by atoms with Gasteiger partial charge < -0.3 is 0 Å². The Labute approximate surface area is 68.8 Å². The van der Waals surface area contributed by atoms with Gasteiger partial charge in [-0.2, -0.15) is 10.5 Å². The topological polar surface area (TPSA) is 89.2 Å². The molecule has 44 valence electrons. The molecule has 6 heteroatoms. The minimum atomic E-state index is 0. The average molecular weight is 127 g/mol. The second kappa shape index (κ2) is 3.69. The molecule has 0 saturated heterocycles. The van der Waals surface area contributed by atoms with Gasteiger partial charge in [-0.3, -0.25) is 0 Å². The molecule has 1 N–H and O–H groups in total. The van der Waals surface area contributed by atoms with Gasteiger partial charge in [-0.1, -0.05) is 5.21 Å². The summed E-state index contributed by atoms with van der Waals surface area (Å²) in [5.41, 5.74) is 0.148. The summed E-state index contributed by atoms with van der Waals surface area (Å²) in [6, 6.07) is 3.42. The van der Waals surface area contributed by atoms with Crippen molar-refractivity contribution in [2.24, 2.45) is 0 Å². The molecule has 10 heavy (non-hydrogen) atoms. The predicted molar refractivity (Wildman–Crippen MR) is 33.0 cm³/mol. The number of hydrogen-bond acceptors (Lipinski definition) is 4. The van der Waals surface area contributed by atoms with Gasteiger partial charge in [-0.05, 0) is 0 Å². The van der Waals surface area contributed by atoms with Gasteiger partial charge in [-0.25, -0.2) is 5.10 Å². The van der Waals surface area contributed by atoms with Crippen molar-refractivity contribution in [1.29, 1.82) is 10.5 Å². The summed E-state index contributed by atoms with van der Waals surface area (Å²) in [5.74, 6) is 0. The molecule has 1 aromatic rings. The van der Waals surface area contributed by atoms with E-state index >= 15 is 0 Å². The van der Waals surface area contributed by atoms with E-state index in [1.165, 1.54) is 0 Å². The van der Waals surface area contributed by atoms with E-state index in [9.17, 15) is 0 Å². The second-order valence-corrected chi connectivity index (χ2v) is 1.26. The molecule has 1 heterocycles. The molecule has 0 aliphatic rings. The van der Waals surface area contributed by atoms with Crippen molar-refractivity contribution < 1.29 is 0 Å². The zero-order valence-corrected chi connectivity index (χ0v) is 4.29. The molecule has 0 aromatic carbocycles. The molecule has 0 saturated carbocycles. The Kier molecular flexibility index (Phi) is 3.21. The number of rotatable bonds is 0. The standard InChI is InChI=1S/C4HN5.Li.H/c5-1-3-4(2-6)8-9-7-3;;/h(H,7,8,9);;. The number of H-pyrrole nitrogens is 1. The molecule has 0 fully saturated rings. The fraction of sp³-hybridized carbons (Fsp3) is 0. The van der Waals surface area contributed by atoms with Crippen LogP contribution in [0, 0.1) is 22.7 Å². The zero-order valence-electron chi connectivity index (χ0n) is 4.29. The molecular formula is C4H2LiN5. The van der Waals surface area contributed by atoms with Crippen LogP contribution < -0.4 is 0 Å². The van der Waals surface area contributed by atoms with E-state index in [1.54, 1.807) is 12.1 Å². The minimum absolute atomic E-state index is 0. The Bertz CT molecular complexity index is 261. The molecule has 1 aromatic heterocycles. The average Bonchev–Trinajstić information content (AvgIpc) is 2.33. The van der Waals surface area contributed by atoms with E-state index in [0.717, 1.165) is 0 Å². The van der Waals surface area contributed by atoms with E-state index in [0.29, 0.717) is 0 Å². The summed E-state index contributed by atoms with van der Waals surface area (Å²) >= 11 is 0. The van der Waals surface area contributed by atoms with Crippen LogP contribution in [-0.2, 0) is 0 Å². The van der Waals surface area contributed by atoms with Crippen molar-refractivity contribution >= 4 is 18.9 Å². The van der Waals surface area contributed by atoms with E-state index in [2.05, 4.69) is 15.4 Å². The molecule has 0 unspecified atom stereocenters. The van der Waals surface area contributed by atoms with Gasteiger partial charge in [0.2, 0.25) is 0 Å². The van der Waals surface area contributed by atoms with Crippen molar-refractivity contribution in [3.63, 3.8) is 0 Å². The van der Waals surface area contributed by atoms with Crippen LogP contribution in [0.1, 0.15) is 11.4 Å². The Morgan fingerprint density at radius 1 is 1.30 bits per heavy atom. The SMILES string of the molecule is N#Cc1nn[nH]c1C#N.[LiH]. The number of aromatic nitrogens is 3. The number of nitriles is 2. The predicted octanol–water partition coefficient (Wildman–Crippen LogP) is -1.10. The van der Waals surface area contributed by atoms with Gasteiger partial charge in [0.25, 0.3) is 0 Å². The maximum absolute atomic E-state index is 8.23. The normalized spacial score (nSPS) is 7.00. The van der Waals surface area contributed by atoms with Crippen molar-refractivity contribution in [3.05, 3.63) is 11.4 Å². The molecular weight excluding hydrogens is 125 g/mol. The Hall–Kier alpha value is -1.28. The third-order valence-electron chi connectivity index (χ3n) is 0.766. The molecule has 0 radical (unpaired) electrons. The third-order valence-corrected chi connectivity index (χ3v) is 0.766. The first-order valence-electron chi connectivity index (χ1n) is 2.09. The molecule has 5 nitrogen and oxygen atoms in total. The molecule has 0 bridgehead atoms. The van der Waals surface area contributed by atoms with Crippen LogP contribution in [-0.4, -0.2) is 34.3 Å². The van der Waals surface area contributed by atoms with Gasteiger partial charge in [0.15, 0.2) is 11.4 Å². The van der Waals surface area contributed by atoms with Crippen LogP contribution >= 0.6 is 0 Å². The fourth-order valence-corrected chi connectivity index (χ4v) is 0.384. The second-order valence-electron chi connectivity index (χ2n) is 1.26. The van der Waals surface area contributed by atoms with Crippen molar-refractivity contribution in [2.45, 2.75) is 0 Å². The van der Waals surface area contributed by atoms with Crippen LogP contribution in [0.4, 0.5) is 0 Å². The van der Waals surface area contributed by atoms with E-state index in [-0.39, 0.29) is 30.2 Å². The van der Waals surface area contributed by atoms with Crippen molar-refractivity contribution in [3.8, 4) is 12.1 Å². The van der Waals surface area contributed by atoms with Crippen molar-refractivity contribution in [2.75, 3.05) is 0 Å². The summed E-state index contributed by atoms with van der Waals surface area (Å²) in [4.78, 5) is 0. The van der Waals surface area contributed by atoms with Gasteiger partial charge in [0, 0.05) is 0 Å². The molecule has 0 aliphatic carbocycles. The Morgan fingerprint density at radius 3 is 2.40 bits per heavy atom. The van der Waals surface area contributed by atoms with Gasteiger partial charge in [-0.15, -0.1) is 5.10 Å². The maximum atomic E-state index is 8.23. The number of nitrogens with zero attached hydrogens (tertiary/aromatic N) is 4. The van der Waals surface area contributed by atoms with Crippen LogP contribution in [0.15, 0.2) is 0 Å². The number of aromatic amines is 1. The van der Waals surface area contributed by atoms with Crippen LogP contribution in [0.3, 0.4) is 0 Å². The quantitative estimate of drug-likeness (QED) is 0.448. The number of hydrogen-bond donors (Lipinski definition) is 1. The number of nitrogens with one attached hydrogen (secondary N) is 1. The van der Waals surface area contributed by atoms with Gasteiger partial charge in [0.1, 0.15) is 12.1 Å². The van der Waals surface area contributed by atoms with Crippen LogP contribution in [0.25, 0.3) is 0 Å². The van der Waals surface area contributed by atoms with Crippen LogP contribution in [0.5, 0.6) is 0 Å². The monoisotopic (exact) mass is 127 g/mol. The first-order chi connectivity index (χ1) is 4.38. The van der Waals surface area contributed by atoms with Gasteiger partial charge in [0.05, 0.1) is 0 Å². The Balaban J connectivity index is 0.000000810. The van der Waals surface area contributed by atoms with Gasteiger partial charge >= 0.3 is 18.9 Å². The summed E-state index contributed by atoms with van der Waals surface area (Å²) in [7, 11) is 0. The fourth-order valence-electron chi connectivity index (χ4n) is 0.384. The van der Waals surface area contributed by atoms with E-state index in [4.69, 9.17) is 10.5 Å². The Morgan fingerprint density at radius 2 is 2.00 bits per heavy atom. The van der Waals surface area contributed by atoms with E-state index in [1.807, 2.05) is 0 Å². The summed E-state index contributed by atoms with van der Waals surface area (Å²) in [6.45, 7) is 0. The molecule has 0 amide bonds. The zero-order chi connectivity index (χ0) is 6.69. The molecule has 0 aliphatic heterocycles. The summed E-state index contributed by atoms with van der Waals surface area (Å²) < 4.78 is 0. The third kappa shape index (κ3) is 1.36.